The molecule has 0 fully saturated rings. The van der Waals surface area contributed by atoms with Gasteiger partial charge in [0.2, 0.25) is 0 Å². The van der Waals surface area contributed by atoms with Crippen LogP contribution in [0.15, 0.2) is 33.8 Å². The highest BCUT2D eigenvalue weighted by molar-refractivity contribution is 9.10. The third kappa shape index (κ3) is 1.81. The van der Waals surface area contributed by atoms with Gasteiger partial charge in [-0.1, -0.05) is 28.1 Å². The maximum absolute atomic E-state index is 11.6. The van der Waals surface area contributed by atoms with Crippen LogP contribution in [0.5, 0.6) is 0 Å². The topological polar surface area (TPSA) is 32.7 Å². The van der Waals surface area contributed by atoms with Gasteiger partial charge >= 0.3 is 0 Å². The minimum atomic E-state index is -0.142. The molecule has 1 amide bonds. The Bertz CT molecular complexity index is 425. The van der Waals surface area contributed by atoms with Crippen molar-refractivity contribution < 1.29 is 4.79 Å². The Morgan fingerprint density at radius 2 is 1.93 bits per heavy atom. The van der Waals surface area contributed by atoms with E-state index in [2.05, 4.69) is 21.0 Å². The summed E-state index contributed by atoms with van der Waals surface area (Å²) in [5, 5.41) is 5.64. The fourth-order valence-electron chi connectivity index (χ4n) is 1.62. The summed E-state index contributed by atoms with van der Waals surface area (Å²) < 4.78 is 1.03. The number of hydrogen-bond acceptors (Lipinski definition) is 2. The van der Waals surface area contributed by atoms with Crippen molar-refractivity contribution in [3.05, 3.63) is 34.3 Å². The van der Waals surface area contributed by atoms with Crippen LogP contribution in [0.3, 0.4) is 0 Å². The summed E-state index contributed by atoms with van der Waals surface area (Å²) in [5.41, 5.74) is 1.85. The first-order valence-corrected chi connectivity index (χ1v) is 5.51. The van der Waals surface area contributed by atoms with Crippen molar-refractivity contribution in [1.82, 2.24) is 5.01 Å². The third-order valence-corrected chi connectivity index (χ3v) is 3.03. The molecule has 2 rings (SSSR count). The highest BCUT2D eigenvalue weighted by atomic mass is 79.9. The number of halogens is 1. The number of amides is 1. The average Bonchev–Trinajstić information content (AvgIpc) is 2.47. The summed E-state index contributed by atoms with van der Waals surface area (Å²) in [6.45, 7) is 1.88. The molecule has 1 aromatic carbocycles. The molecule has 1 aliphatic heterocycles. The molecule has 1 aliphatic rings. The standard InChI is InChI=1S/C11H11BrN2O/c1-7-10(13-14(2)11(7)15)8-3-5-9(12)6-4-8/h3-7H,1-2H3. The van der Waals surface area contributed by atoms with Crippen molar-refractivity contribution in [3.8, 4) is 0 Å². The van der Waals surface area contributed by atoms with E-state index in [9.17, 15) is 4.79 Å². The van der Waals surface area contributed by atoms with Crippen LogP contribution in [0.1, 0.15) is 12.5 Å². The first-order chi connectivity index (χ1) is 7.09. The van der Waals surface area contributed by atoms with Gasteiger partial charge in [0.15, 0.2) is 0 Å². The lowest BCUT2D eigenvalue weighted by molar-refractivity contribution is -0.130. The van der Waals surface area contributed by atoms with E-state index < -0.39 is 0 Å². The molecule has 0 aromatic heterocycles. The molecule has 0 aliphatic carbocycles. The lowest BCUT2D eigenvalue weighted by Gasteiger charge is -2.04. The Morgan fingerprint density at radius 1 is 1.33 bits per heavy atom. The van der Waals surface area contributed by atoms with Crippen molar-refractivity contribution in [1.29, 1.82) is 0 Å². The Kier molecular flexibility index (Phi) is 2.61. The molecule has 0 saturated carbocycles. The summed E-state index contributed by atoms with van der Waals surface area (Å²) in [7, 11) is 1.69. The second kappa shape index (κ2) is 3.77. The first kappa shape index (κ1) is 10.4. The van der Waals surface area contributed by atoms with Crippen molar-refractivity contribution in [2.24, 2.45) is 11.0 Å². The van der Waals surface area contributed by atoms with Crippen LogP contribution in [0.4, 0.5) is 0 Å². The van der Waals surface area contributed by atoms with E-state index in [0.29, 0.717) is 0 Å². The largest absolute Gasteiger partial charge is 0.272 e. The molecule has 0 N–H and O–H groups in total. The number of nitrogens with zero attached hydrogens (tertiary/aromatic N) is 2. The zero-order chi connectivity index (χ0) is 11.0. The lowest BCUT2D eigenvalue weighted by atomic mass is 9.99. The zero-order valence-corrected chi connectivity index (χ0v) is 10.2. The molecule has 0 bridgehead atoms. The van der Waals surface area contributed by atoms with E-state index in [1.165, 1.54) is 5.01 Å². The maximum Gasteiger partial charge on any atom is 0.251 e. The second-order valence-corrected chi connectivity index (χ2v) is 4.49. The molecular formula is C11H11BrN2O. The van der Waals surface area contributed by atoms with E-state index in [1.807, 2.05) is 31.2 Å². The third-order valence-electron chi connectivity index (χ3n) is 2.50. The summed E-state index contributed by atoms with van der Waals surface area (Å²) >= 11 is 3.38. The van der Waals surface area contributed by atoms with Crippen molar-refractivity contribution in [2.45, 2.75) is 6.92 Å². The summed E-state index contributed by atoms with van der Waals surface area (Å²) in [6, 6.07) is 7.83. The fourth-order valence-corrected chi connectivity index (χ4v) is 1.89. The van der Waals surface area contributed by atoms with E-state index in [0.717, 1.165) is 15.7 Å². The number of hydrogen-bond donors (Lipinski definition) is 0. The molecule has 1 aromatic rings. The SMILES string of the molecule is CC1C(=O)N(C)N=C1c1ccc(Br)cc1. The van der Waals surface area contributed by atoms with Crippen molar-refractivity contribution in [2.75, 3.05) is 7.05 Å². The van der Waals surface area contributed by atoms with Gasteiger partial charge in [0.05, 0.1) is 11.6 Å². The van der Waals surface area contributed by atoms with Gasteiger partial charge in [-0.05, 0) is 24.6 Å². The van der Waals surface area contributed by atoms with E-state index >= 15 is 0 Å². The smallest absolute Gasteiger partial charge is 0.251 e. The zero-order valence-electron chi connectivity index (χ0n) is 8.57. The normalized spacial score (nSPS) is 20.7. The van der Waals surface area contributed by atoms with Crippen LogP contribution in [0.25, 0.3) is 0 Å². The van der Waals surface area contributed by atoms with Crippen molar-refractivity contribution in [3.63, 3.8) is 0 Å². The monoisotopic (exact) mass is 266 g/mol. The summed E-state index contributed by atoms with van der Waals surface area (Å²) in [5.74, 6) is -0.0934. The Labute approximate surface area is 96.9 Å². The average molecular weight is 267 g/mol. The highest BCUT2D eigenvalue weighted by Crippen LogP contribution is 2.20. The maximum atomic E-state index is 11.6. The predicted molar refractivity (Wildman–Crippen MR) is 62.6 cm³/mol. The van der Waals surface area contributed by atoms with Crippen LogP contribution in [0, 0.1) is 5.92 Å². The van der Waals surface area contributed by atoms with E-state index in [4.69, 9.17) is 0 Å². The number of rotatable bonds is 1. The van der Waals surface area contributed by atoms with Gasteiger partial charge in [-0.15, -0.1) is 0 Å². The molecular weight excluding hydrogens is 256 g/mol. The Balaban J connectivity index is 2.36. The molecule has 0 radical (unpaired) electrons. The quantitative estimate of drug-likeness (QED) is 0.768. The Morgan fingerprint density at radius 3 is 2.40 bits per heavy atom. The number of hydrazone groups is 1. The van der Waals surface area contributed by atoms with Crippen LogP contribution in [-0.2, 0) is 4.79 Å². The Hall–Kier alpha value is -1.16. The highest BCUT2D eigenvalue weighted by Gasteiger charge is 2.30. The lowest BCUT2D eigenvalue weighted by Crippen LogP contribution is -2.22. The second-order valence-electron chi connectivity index (χ2n) is 3.58. The minimum Gasteiger partial charge on any atom is -0.272 e. The number of carbonyl (C=O) groups excluding carboxylic acids is 1. The van der Waals surface area contributed by atoms with Crippen molar-refractivity contribution >= 4 is 27.5 Å². The van der Waals surface area contributed by atoms with Gasteiger partial charge < -0.3 is 0 Å². The van der Waals surface area contributed by atoms with Gasteiger partial charge in [0.25, 0.3) is 5.91 Å². The summed E-state index contributed by atoms with van der Waals surface area (Å²) in [6.07, 6.45) is 0. The fraction of sp³-hybridized carbons (Fsp3) is 0.273. The number of benzene rings is 1. The van der Waals surface area contributed by atoms with Crippen LogP contribution >= 0.6 is 15.9 Å². The molecule has 0 saturated heterocycles. The van der Waals surface area contributed by atoms with Gasteiger partial charge in [0, 0.05) is 11.5 Å². The molecule has 15 heavy (non-hydrogen) atoms. The molecule has 1 atom stereocenters. The predicted octanol–water partition coefficient (Wildman–Crippen LogP) is 2.26. The van der Waals surface area contributed by atoms with Crippen LogP contribution in [-0.4, -0.2) is 23.7 Å². The molecule has 3 nitrogen and oxygen atoms in total. The van der Waals surface area contributed by atoms with E-state index in [1.54, 1.807) is 7.05 Å². The number of carbonyl (C=O) groups is 1. The molecule has 78 valence electrons. The summed E-state index contributed by atoms with van der Waals surface area (Å²) in [4.78, 5) is 11.6. The molecule has 0 spiro atoms. The van der Waals surface area contributed by atoms with Crippen LogP contribution in [0.2, 0.25) is 0 Å². The van der Waals surface area contributed by atoms with Gasteiger partial charge in [-0.2, -0.15) is 5.10 Å². The van der Waals surface area contributed by atoms with Gasteiger partial charge in [-0.3, -0.25) is 4.79 Å². The molecule has 1 unspecified atom stereocenters. The molecule has 4 heteroatoms. The van der Waals surface area contributed by atoms with E-state index in [-0.39, 0.29) is 11.8 Å². The van der Waals surface area contributed by atoms with Gasteiger partial charge in [0.1, 0.15) is 0 Å². The minimum absolute atomic E-state index is 0.0490. The first-order valence-electron chi connectivity index (χ1n) is 4.71. The van der Waals surface area contributed by atoms with Crippen LogP contribution < -0.4 is 0 Å². The molecule has 1 heterocycles. The van der Waals surface area contributed by atoms with Gasteiger partial charge in [-0.25, -0.2) is 5.01 Å².